The lowest BCUT2D eigenvalue weighted by Crippen LogP contribution is -2.26. The molecular formula is C20H18N2O4. The van der Waals surface area contributed by atoms with Crippen molar-refractivity contribution >= 4 is 16.8 Å². The number of H-pyrrole nitrogens is 1. The lowest BCUT2D eigenvalue weighted by Gasteiger charge is -2.18. The Balaban J connectivity index is 1.58. The molecule has 3 aromatic rings. The molecule has 0 radical (unpaired) electrons. The largest absolute Gasteiger partial charge is 0.486 e. The number of benzene rings is 2. The van der Waals surface area contributed by atoms with Crippen molar-refractivity contribution in [3.63, 3.8) is 0 Å². The van der Waals surface area contributed by atoms with Gasteiger partial charge in [0.25, 0.3) is 11.5 Å². The maximum Gasteiger partial charge on any atom is 0.253 e. The number of aromatic amines is 1. The number of fused-ring (bicyclic) bond motifs is 2. The number of hydrogen-bond acceptors (Lipinski definition) is 4. The first-order chi connectivity index (χ1) is 12.6. The van der Waals surface area contributed by atoms with Gasteiger partial charge >= 0.3 is 0 Å². The van der Waals surface area contributed by atoms with E-state index in [1.54, 1.807) is 24.3 Å². The van der Waals surface area contributed by atoms with E-state index in [9.17, 15) is 9.59 Å². The molecule has 2 aromatic carbocycles. The van der Waals surface area contributed by atoms with Gasteiger partial charge in [-0.25, -0.2) is 0 Å². The zero-order chi connectivity index (χ0) is 18.1. The van der Waals surface area contributed by atoms with Crippen molar-refractivity contribution in [1.29, 1.82) is 0 Å². The van der Waals surface area contributed by atoms with Crippen molar-refractivity contribution < 1.29 is 14.3 Å². The van der Waals surface area contributed by atoms with Gasteiger partial charge in [-0.2, -0.15) is 0 Å². The van der Waals surface area contributed by atoms with Gasteiger partial charge in [-0.1, -0.05) is 17.7 Å². The van der Waals surface area contributed by atoms with Crippen LogP contribution in [0, 0.1) is 6.92 Å². The van der Waals surface area contributed by atoms with Crippen LogP contribution < -0.4 is 20.3 Å². The molecular weight excluding hydrogens is 332 g/mol. The summed E-state index contributed by atoms with van der Waals surface area (Å²) in [6.07, 6.45) is 0. The number of pyridine rings is 1. The molecule has 2 N–H and O–H groups in total. The Kier molecular flexibility index (Phi) is 4.08. The first kappa shape index (κ1) is 16.2. The van der Waals surface area contributed by atoms with Crippen LogP contribution >= 0.6 is 0 Å². The number of carbonyl (C=O) groups is 1. The average Bonchev–Trinajstić information content (AvgIpc) is 2.65. The number of nitrogens with one attached hydrogen (secondary N) is 2. The second-order valence-electron chi connectivity index (χ2n) is 6.26. The monoisotopic (exact) mass is 350 g/mol. The van der Waals surface area contributed by atoms with E-state index in [-0.39, 0.29) is 18.0 Å². The fourth-order valence-corrected chi connectivity index (χ4v) is 2.90. The topological polar surface area (TPSA) is 80.4 Å². The van der Waals surface area contributed by atoms with Crippen LogP contribution in [0.2, 0.25) is 0 Å². The van der Waals surface area contributed by atoms with Crippen LogP contribution in [0.3, 0.4) is 0 Å². The number of ether oxygens (including phenoxy) is 2. The Morgan fingerprint density at radius 1 is 1.08 bits per heavy atom. The van der Waals surface area contributed by atoms with E-state index < -0.39 is 0 Å². The molecule has 0 unspecified atom stereocenters. The van der Waals surface area contributed by atoms with Crippen molar-refractivity contribution in [2.24, 2.45) is 0 Å². The lowest BCUT2D eigenvalue weighted by molar-refractivity contribution is 0.0951. The van der Waals surface area contributed by atoms with E-state index >= 15 is 0 Å². The molecule has 132 valence electrons. The molecule has 0 bridgehead atoms. The van der Waals surface area contributed by atoms with Gasteiger partial charge in [0.15, 0.2) is 11.5 Å². The summed E-state index contributed by atoms with van der Waals surface area (Å²) < 4.78 is 11.1. The predicted molar refractivity (Wildman–Crippen MR) is 97.9 cm³/mol. The van der Waals surface area contributed by atoms with Crippen LogP contribution in [0.4, 0.5) is 0 Å². The highest BCUT2D eigenvalue weighted by molar-refractivity contribution is 5.94. The molecule has 1 aliphatic rings. The van der Waals surface area contributed by atoms with Gasteiger partial charge in [-0.15, -0.1) is 0 Å². The molecule has 6 nitrogen and oxygen atoms in total. The number of amides is 1. The number of aryl methyl sites for hydroxylation is 1. The molecule has 1 aromatic heterocycles. The normalized spacial score (nSPS) is 12.8. The van der Waals surface area contributed by atoms with Crippen molar-refractivity contribution in [2.45, 2.75) is 13.5 Å². The van der Waals surface area contributed by atoms with Gasteiger partial charge in [-0.05, 0) is 31.2 Å². The summed E-state index contributed by atoms with van der Waals surface area (Å²) in [6.45, 7) is 3.10. The highest BCUT2D eigenvalue weighted by atomic mass is 16.6. The molecule has 0 saturated carbocycles. The van der Waals surface area contributed by atoms with Gasteiger partial charge < -0.3 is 19.8 Å². The third-order valence-corrected chi connectivity index (χ3v) is 4.34. The van der Waals surface area contributed by atoms with Crippen molar-refractivity contribution in [2.75, 3.05) is 13.2 Å². The first-order valence-corrected chi connectivity index (χ1v) is 8.40. The van der Waals surface area contributed by atoms with Gasteiger partial charge in [0.2, 0.25) is 0 Å². The van der Waals surface area contributed by atoms with Crippen LogP contribution in [0.5, 0.6) is 11.5 Å². The summed E-state index contributed by atoms with van der Waals surface area (Å²) in [4.78, 5) is 27.4. The molecule has 0 spiro atoms. The highest BCUT2D eigenvalue weighted by Crippen LogP contribution is 2.33. The fraction of sp³-hybridized carbons (Fsp3) is 0.200. The minimum atomic E-state index is -0.238. The smallest absolute Gasteiger partial charge is 0.253 e. The van der Waals surface area contributed by atoms with Crippen LogP contribution in [-0.4, -0.2) is 24.1 Å². The minimum absolute atomic E-state index is 0.145. The molecule has 0 aliphatic carbocycles. The third-order valence-electron chi connectivity index (χ3n) is 4.34. The van der Waals surface area contributed by atoms with Gasteiger partial charge in [0, 0.05) is 29.1 Å². The molecule has 0 atom stereocenters. The molecule has 26 heavy (non-hydrogen) atoms. The Morgan fingerprint density at radius 2 is 1.77 bits per heavy atom. The summed E-state index contributed by atoms with van der Waals surface area (Å²) in [6, 6.07) is 12.6. The first-order valence-electron chi connectivity index (χ1n) is 8.40. The third kappa shape index (κ3) is 3.13. The highest BCUT2D eigenvalue weighted by Gasteiger charge is 2.14. The van der Waals surface area contributed by atoms with Crippen molar-refractivity contribution in [1.82, 2.24) is 10.3 Å². The Bertz CT molecular complexity index is 1040. The second kappa shape index (κ2) is 6.55. The molecule has 0 saturated heterocycles. The van der Waals surface area contributed by atoms with Crippen molar-refractivity contribution in [3.8, 4) is 11.5 Å². The molecule has 4 rings (SSSR count). The SMILES string of the molecule is Cc1ccc(C(=O)NCc2cc3cc4c(cc3[nH]c2=O)OCCO4)cc1. The number of aromatic nitrogens is 1. The van der Waals surface area contributed by atoms with E-state index in [1.165, 1.54) is 0 Å². The molecule has 1 amide bonds. The van der Waals surface area contributed by atoms with Gasteiger partial charge in [0.1, 0.15) is 13.2 Å². The average molecular weight is 350 g/mol. The summed E-state index contributed by atoms with van der Waals surface area (Å²) >= 11 is 0. The van der Waals surface area contributed by atoms with Gasteiger partial charge in [-0.3, -0.25) is 9.59 Å². The predicted octanol–water partition coefficient (Wildman–Crippen LogP) is 2.54. The summed E-state index contributed by atoms with van der Waals surface area (Å²) in [5, 5.41) is 3.61. The maximum atomic E-state index is 12.3. The lowest BCUT2D eigenvalue weighted by atomic mass is 10.1. The van der Waals surface area contributed by atoms with Crippen LogP contribution in [-0.2, 0) is 6.54 Å². The Hall–Kier alpha value is -3.28. The van der Waals surface area contributed by atoms with Gasteiger partial charge in [0.05, 0.1) is 5.52 Å². The van der Waals surface area contributed by atoms with Crippen LogP contribution in [0.15, 0.2) is 47.3 Å². The Morgan fingerprint density at radius 3 is 2.50 bits per heavy atom. The zero-order valence-electron chi connectivity index (χ0n) is 14.3. The Labute approximate surface area is 149 Å². The second-order valence-corrected chi connectivity index (χ2v) is 6.26. The minimum Gasteiger partial charge on any atom is -0.486 e. The van der Waals surface area contributed by atoms with E-state index in [4.69, 9.17) is 9.47 Å². The number of carbonyl (C=O) groups excluding carboxylic acids is 1. The standard InChI is InChI=1S/C20H18N2O4/c1-12-2-4-13(5-3-12)19(23)21-11-15-8-14-9-17-18(26-7-6-25-17)10-16(14)22-20(15)24/h2-5,8-10H,6-7,11H2,1H3,(H,21,23)(H,22,24). The molecule has 1 aliphatic heterocycles. The number of rotatable bonds is 3. The molecule has 0 fully saturated rings. The van der Waals surface area contributed by atoms with E-state index in [0.717, 1.165) is 10.9 Å². The summed E-state index contributed by atoms with van der Waals surface area (Å²) in [5.41, 5.74) is 2.57. The van der Waals surface area contributed by atoms with Crippen LogP contribution in [0.25, 0.3) is 10.9 Å². The molecule has 2 heterocycles. The molecule has 6 heteroatoms. The quantitative estimate of drug-likeness (QED) is 0.761. The van der Waals surface area contributed by atoms with E-state index in [0.29, 0.717) is 41.4 Å². The number of hydrogen-bond donors (Lipinski definition) is 2. The van der Waals surface area contributed by atoms with Crippen molar-refractivity contribution in [3.05, 3.63) is 69.5 Å². The summed E-state index contributed by atoms with van der Waals surface area (Å²) in [5.74, 6) is 1.07. The van der Waals surface area contributed by atoms with E-state index in [1.807, 2.05) is 25.1 Å². The summed E-state index contributed by atoms with van der Waals surface area (Å²) in [7, 11) is 0. The van der Waals surface area contributed by atoms with E-state index in [2.05, 4.69) is 10.3 Å². The fourth-order valence-electron chi connectivity index (χ4n) is 2.90. The maximum absolute atomic E-state index is 12.3. The zero-order valence-corrected chi connectivity index (χ0v) is 14.3. The van der Waals surface area contributed by atoms with Crippen LogP contribution in [0.1, 0.15) is 21.5 Å².